The summed E-state index contributed by atoms with van der Waals surface area (Å²) in [5, 5.41) is 16.1. The third-order valence-corrected chi connectivity index (χ3v) is 3.16. The molecule has 0 atom stereocenters. The van der Waals surface area contributed by atoms with Crippen molar-refractivity contribution in [1.82, 2.24) is 19.8 Å². The van der Waals surface area contributed by atoms with Crippen LogP contribution in [0.3, 0.4) is 0 Å². The van der Waals surface area contributed by atoms with Crippen LogP contribution < -0.4 is 5.43 Å². The maximum absolute atomic E-state index is 4.27. The molecule has 0 fully saturated rings. The predicted octanol–water partition coefficient (Wildman–Crippen LogP) is 2.69. The highest BCUT2D eigenvalue weighted by molar-refractivity contribution is 5.80. The van der Waals surface area contributed by atoms with Crippen molar-refractivity contribution in [2.75, 3.05) is 5.43 Å². The minimum Gasteiger partial charge on any atom is -0.260 e. The molecule has 0 bridgehead atoms. The van der Waals surface area contributed by atoms with Crippen molar-refractivity contribution in [3.05, 3.63) is 53.9 Å². The normalized spacial score (nSPS) is 11.6. The Balaban J connectivity index is 1.68. The molecule has 6 nitrogen and oxygen atoms in total. The van der Waals surface area contributed by atoms with Crippen molar-refractivity contribution >= 4 is 17.7 Å². The number of hydrogen-bond donors (Lipinski definition) is 1. The molecule has 2 heterocycles. The van der Waals surface area contributed by atoms with E-state index in [0.29, 0.717) is 17.4 Å². The van der Waals surface area contributed by atoms with Gasteiger partial charge in [0.15, 0.2) is 11.5 Å². The van der Waals surface area contributed by atoms with E-state index in [1.54, 1.807) is 17.1 Å². The summed E-state index contributed by atoms with van der Waals surface area (Å²) in [5.74, 6) is 1.17. The average molecular weight is 280 g/mol. The highest BCUT2D eigenvalue weighted by atomic mass is 15.4. The molecule has 0 saturated carbocycles. The standard InChI is InChI=1S/C15H16N6/c1-11(2)13-5-3-12(4-6-13)9-16-18-14-7-8-15-19-17-10-21(15)20-14/h3-11H,1-2H3,(H,18,20)/b16-9+. The second kappa shape index (κ2) is 5.70. The second-order valence-corrected chi connectivity index (χ2v) is 5.04. The van der Waals surface area contributed by atoms with E-state index in [4.69, 9.17) is 0 Å². The molecule has 0 radical (unpaired) electrons. The van der Waals surface area contributed by atoms with E-state index >= 15 is 0 Å². The Morgan fingerprint density at radius 3 is 2.71 bits per heavy atom. The lowest BCUT2D eigenvalue weighted by atomic mass is 10.0. The van der Waals surface area contributed by atoms with Gasteiger partial charge in [0, 0.05) is 0 Å². The monoisotopic (exact) mass is 280 g/mol. The number of rotatable bonds is 4. The Morgan fingerprint density at radius 1 is 1.14 bits per heavy atom. The Hall–Kier alpha value is -2.76. The molecule has 0 aliphatic carbocycles. The third kappa shape index (κ3) is 3.05. The molecule has 1 aromatic carbocycles. The van der Waals surface area contributed by atoms with Crippen LogP contribution in [-0.2, 0) is 0 Å². The minimum absolute atomic E-state index is 0.536. The van der Waals surface area contributed by atoms with Crippen LogP contribution in [-0.4, -0.2) is 26.0 Å². The fourth-order valence-corrected chi connectivity index (χ4v) is 1.93. The SMILES string of the molecule is CC(C)c1ccc(/C=N/Nc2ccc3nncn3n2)cc1. The summed E-state index contributed by atoms with van der Waals surface area (Å²) < 4.78 is 1.59. The third-order valence-electron chi connectivity index (χ3n) is 3.16. The summed E-state index contributed by atoms with van der Waals surface area (Å²) >= 11 is 0. The number of hydrogen-bond acceptors (Lipinski definition) is 5. The fourth-order valence-electron chi connectivity index (χ4n) is 1.93. The highest BCUT2D eigenvalue weighted by Crippen LogP contribution is 2.14. The van der Waals surface area contributed by atoms with Crippen LogP contribution in [0.4, 0.5) is 5.82 Å². The molecular weight excluding hydrogens is 264 g/mol. The number of nitrogens with zero attached hydrogens (tertiary/aromatic N) is 5. The molecule has 106 valence electrons. The zero-order chi connectivity index (χ0) is 14.7. The summed E-state index contributed by atoms with van der Waals surface area (Å²) in [5.41, 5.74) is 5.96. The first-order chi connectivity index (χ1) is 10.2. The summed E-state index contributed by atoms with van der Waals surface area (Å²) in [6.07, 6.45) is 3.32. The maximum Gasteiger partial charge on any atom is 0.177 e. The molecule has 1 N–H and O–H groups in total. The predicted molar refractivity (Wildman–Crippen MR) is 82.5 cm³/mol. The second-order valence-electron chi connectivity index (χ2n) is 5.04. The van der Waals surface area contributed by atoms with Crippen LogP contribution in [0.1, 0.15) is 30.9 Å². The van der Waals surface area contributed by atoms with E-state index in [2.05, 4.69) is 63.9 Å². The van der Waals surface area contributed by atoms with Gasteiger partial charge in [-0.3, -0.25) is 5.43 Å². The molecule has 3 aromatic rings. The largest absolute Gasteiger partial charge is 0.260 e. The van der Waals surface area contributed by atoms with Crippen molar-refractivity contribution in [3.8, 4) is 0 Å². The summed E-state index contributed by atoms with van der Waals surface area (Å²) in [4.78, 5) is 0. The van der Waals surface area contributed by atoms with E-state index in [1.807, 2.05) is 12.1 Å². The van der Waals surface area contributed by atoms with Gasteiger partial charge in [-0.25, -0.2) is 0 Å². The Kier molecular flexibility index (Phi) is 3.59. The van der Waals surface area contributed by atoms with Gasteiger partial charge in [-0.05, 0) is 29.2 Å². The molecular formula is C15H16N6. The molecule has 0 aliphatic rings. The molecule has 6 heteroatoms. The van der Waals surface area contributed by atoms with Crippen LogP contribution in [0.5, 0.6) is 0 Å². The molecule has 0 spiro atoms. The van der Waals surface area contributed by atoms with Gasteiger partial charge in [0.2, 0.25) is 0 Å². The topological polar surface area (TPSA) is 67.5 Å². The van der Waals surface area contributed by atoms with E-state index < -0.39 is 0 Å². The van der Waals surface area contributed by atoms with Crippen molar-refractivity contribution in [2.45, 2.75) is 19.8 Å². The Bertz CT molecular complexity index is 757. The lowest BCUT2D eigenvalue weighted by Crippen LogP contribution is -1.98. The lowest BCUT2D eigenvalue weighted by Gasteiger charge is -2.04. The first-order valence-corrected chi connectivity index (χ1v) is 6.78. The van der Waals surface area contributed by atoms with Crippen molar-refractivity contribution < 1.29 is 0 Å². The summed E-state index contributed by atoms with van der Waals surface area (Å²) in [6, 6.07) is 12.0. The Labute approximate surface area is 122 Å². The molecule has 3 rings (SSSR count). The van der Waals surface area contributed by atoms with Crippen LogP contribution in [0, 0.1) is 0 Å². The van der Waals surface area contributed by atoms with Gasteiger partial charge in [0.25, 0.3) is 0 Å². The van der Waals surface area contributed by atoms with Crippen molar-refractivity contribution in [3.63, 3.8) is 0 Å². The molecule has 0 amide bonds. The minimum atomic E-state index is 0.536. The number of benzene rings is 1. The zero-order valence-electron chi connectivity index (χ0n) is 11.9. The number of nitrogens with one attached hydrogen (secondary N) is 1. The van der Waals surface area contributed by atoms with Crippen molar-refractivity contribution in [2.24, 2.45) is 5.10 Å². The summed E-state index contributed by atoms with van der Waals surface area (Å²) in [7, 11) is 0. The number of hydrazone groups is 1. The maximum atomic E-state index is 4.27. The molecule has 0 unspecified atom stereocenters. The van der Waals surface area contributed by atoms with Crippen LogP contribution in [0.25, 0.3) is 5.65 Å². The quantitative estimate of drug-likeness (QED) is 0.589. The van der Waals surface area contributed by atoms with Crippen LogP contribution >= 0.6 is 0 Å². The van der Waals surface area contributed by atoms with E-state index in [1.165, 1.54) is 5.56 Å². The van der Waals surface area contributed by atoms with Gasteiger partial charge in [-0.15, -0.1) is 15.3 Å². The van der Waals surface area contributed by atoms with E-state index in [0.717, 1.165) is 5.56 Å². The highest BCUT2D eigenvalue weighted by Gasteiger charge is 1.99. The lowest BCUT2D eigenvalue weighted by molar-refractivity contribution is 0.866. The van der Waals surface area contributed by atoms with Gasteiger partial charge in [-0.2, -0.15) is 9.62 Å². The fraction of sp³-hybridized carbons (Fsp3) is 0.200. The zero-order valence-corrected chi connectivity index (χ0v) is 11.9. The molecule has 2 aromatic heterocycles. The van der Waals surface area contributed by atoms with Gasteiger partial charge in [0.1, 0.15) is 6.33 Å². The Morgan fingerprint density at radius 2 is 1.95 bits per heavy atom. The van der Waals surface area contributed by atoms with Gasteiger partial charge >= 0.3 is 0 Å². The van der Waals surface area contributed by atoms with E-state index in [9.17, 15) is 0 Å². The van der Waals surface area contributed by atoms with Gasteiger partial charge in [-0.1, -0.05) is 38.1 Å². The molecule has 0 saturated heterocycles. The van der Waals surface area contributed by atoms with E-state index in [-0.39, 0.29) is 0 Å². The van der Waals surface area contributed by atoms with Gasteiger partial charge < -0.3 is 0 Å². The first-order valence-electron chi connectivity index (χ1n) is 6.78. The average Bonchev–Trinajstić information content (AvgIpc) is 2.95. The number of fused-ring (bicyclic) bond motifs is 1. The smallest absolute Gasteiger partial charge is 0.177 e. The first kappa shape index (κ1) is 13.2. The van der Waals surface area contributed by atoms with Crippen LogP contribution in [0.2, 0.25) is 0 Å². The van der Waals surface area contributed by atoms with Crippen LogP contribution in [0.15, 0.2) is 47.8 Å². The molecule has 0 aliphatic heterocycles. The number of anilines is 1. The molecule has 21 heavy (non-hydrogen) atoms. The number of aromatic nitrogens is 4. The summed E-state index contributed by atoms with van der Waals surface area (Å²) in [6.45, 7) is 4.36. The van der Waals surface area contributed by atoms with Crippen molar-refractivity contribution in [1.29, 1.82) is 0 Å². The van der Waals surface area contributed by atoms with Gasteiger partial charge in [0.05, 0.1) is 6.21 Å².